The number of benzene rings is 2. The predicted octanol–water partition coefficient (Wildman–Crippen LogP) is 1.90. The van der Waals surface area contributed by atoms with Crippen LogP contribution >= 0.6 is 0 Å². The summed E-state index contributed by atoms with van der Waals surface area (Å²) in [6, 6.07) is 10.5. The molecule has 0 aliphatic carbocycles. The van der Waals surface area contributed by atoms with Crippen molar-refractivity contribution in [3.05, 3.63) is 36.4 Å². The van der Waals surface area contributed by atoms with Gasteiger partial charge in [-0.2, -0.15) is 0 Å². The highest BCUT2D eigenvalue weighted by Gasteiger charge is 2.18. The summed E-state index contributed by atoms with van der Waals surface area (Å²) >= 11 is 0. The van der Waals surface area contributed by atoms with E-state index in [9.17, 15) is 8.42 Å². The van der Waals surface area contributed by atoms with E-state index in [-0.39, 0.29) is 18.0 Å². The molecular weight excluding hydrogens is 290 g/mol. The van der Waals surface area contributed by atoms with Crippen molar-refractivity contribution in [1.29, 1.82) is 0 Å². The maximum absolute atomic E-state index is 12.4. The van der Waals surface area contributed by atoms with E-state index in [1.54, 1.807) is 24.3 Å². The van der Waals surface area contributed by atoms with Crippen molar-refractivity contribution < 1.29 is 18.3 Å². The van der Waals surface area contributed by atoms with E-state index in [2.05, 4.69) is 4.72 Å². The van der Waals surface area contributed by atoms with Gasteiger partial charge in [0, 0.05) is 23.9 Å². The van der Waals surface area contributed by atoms with E-state index in [0.717, 1.165) is 5.39 Å². The van der Waals surface area contributed by atoms with Gasteiger partial charge >= 0.3 is 0 Å². The van der Waals surface area contributed by atoms with Crippen molar-refractivity contribution in [3.63, 3.8) is 0 Å². The average molecular weight is 309 g/mol. The molecule has 0 aliphatic rings. The van der Waals surface area contributed by atoms with Crippen LogP contribution in [0.1, 0.15) is 13.3 Å². The summed E-state index contributed by atoms with van der Waals surface area (Å²) in [5, 5.41) is 10.1. The van der Waals surface area contributed by atoms with Crippen molar-refractivity contribution in [3.8, 4) is 5.75 Å². The van der Waals surface area contributed by atoms with Gasteiger partial charge in [0.1, 0.15) is 5.75 Å². The van der Waals surface area contributed by atoms with Crippen molar-refractivity contribution in [2.24, 2.45) is 0 Å². The van der Waals surface area contributed by atoms with E-state index in [1.165, 1.54) is 0 Å². The maximum Gasteiger partial charge on any atom is 0.241 e. The highest BCUT2D eigenvalue weighted by Crippen LogP contribution is 2.30. The molecule has 0 amide bonds. The molecule has 0 bridgehead atoms. The molecule has 2 N–H and O–H groups in total. The van der Waals surface area contributed by atoms with Crippen molar-refractivity contribution in [2.75, 3.05) is 19.8 Å². The number of ether oxygens (including phenoxy) is 1. The lowest BCUT2D eigenvalue weighted by Gasteiger charge is -2.12. The Bertz CT molecular complexity index is 713. The lowest BCUT2D eigenvalue weighted by molar-refractivity contribution is 0.289. The second-order valence-electron chi connectivity index (χ2n) is 4.52. The van der Waals surface area contributed by atoms with Crippen LogP contribution in [-0.4, -0.2) is 33.3 Å². The third-order valence-electron chi connectivity index (χ3n) is 3.06. The standard InChI is InChI=1S/C15H19NO4S/c1-2-20-14-8-9-15(13-7-4-3-6-12(13)14)21(18,19)16-10-5-11-17/h3-4,6-9,16-17H,2,5,10-11H2,1H3. The fraction of sp³-hybridized carbons (Fsp3) is 0.333. The second kappa shape index (κ2) is 6.89. The van der Waals surface area contributed by atoms with Crippen LogP contribution in [0.15, 0.2) is 41.3 Å². The number of nitrogens with one attached hydrogen (secondary N) is 1. The van der Waals surface area contributed by atoms with Crippen LogP contribution in [0.4, 0.5) is 0 Å². The van der Waals surface area contributed by atoms with E-state index in [0.29, 0.717) is 24.2 Å². The lowest BCUT2D eigenvalue weighted by atomic mass is 10.1. The number of sulfonamides is 1. The highest BCUT2D eigenvalue weighted by atomic mass is 32.2. The molecule has 0 atom stereocenters. The number of hydrogen-bond acceptors (Lipinski definition) is 4. The molecule has 0 spiro atoms. The Labute approximate surface area is 124 Å². The molecule has 114 valence electrons. The molecule has 21 heavy (non-hydrogen) atoms. The van der Waals surface area contributed by atoms with Crippen LogP contribution < -0.4 is 9.46 Å². The number of aliphatic hydroxyl groups excluding tert-OH is 1. The Balaban J connectivity index is 2.48. The third kappa shape index (κ3) is 3.53. The molecule has 0 fully saturated rings. The summed E-state index contributed by atoms with van der Waals surface area (Å²) in [6.45, 7) is 2.56. The highest BCUT2D eigenvalue weighted by molar-refractivity contribution is 7.89. The maximum atomic E-state index is 12.4. The number of rotatable bonds is 7. The summed E-state index contributed by atoms with van der Waals surface area (Å²) in [4.78, 5) is 0.222. The molecule has 5 nitrogen and oxygen atoms in total. The van der Waals surface area contributed by atoms with Gasteiger partial charge in [0.05, 0.1) is 11.5 Å². The largest absolute Gasteiger partial charge is 0.493 e. The van der Waals surface area contributed by atoms with Gasteiger partial charge < -0.3 is 9.84 Å². The monoisotopic (exact) mass is 309 g/mol. The van der Waals surface area contributed by atoms with Crippen LogP contribution in [0, 0.1) is 0 Å². The molecule has 0 saturated heterocycles. The minimum Gasteiger partial charge on any atom is -0.493 e. The Morgan fingerprint density at radius 2 is 1.86 bits per heavy atom. The molecule has 2 aromatic rings. The zero-order valence-electron chi connectivity index (χ0n) is 11.9. The summed E-state index contributed by atoms with van der Waals surface area (Å²) in [7, 11) is -3.61. The van der Waals surface area contributed by atoms with Crippen molar-refractivity contribution >= 4 is 20.8 Å². The quantitative estimate of drug-likeness (QED) is 0.766. The molecule has 0 saturated carbocycles. The van der Waals surface area contributed by atoms with Gasteiger partial charge in [-0.1, -0.05) is 24.3 Å². The van der Waals surface area contributed by atoms with Gasteiger partial charge in [-0.15, -0.1) is 0 Å². The van der Waals surface area contributed by atoms with E-state index < -0.39 is 10.0 Å². The van der Waals surface area contributed by atoms with Gasteiger partial charge in [0.2, 0.25) is 10.0 Å². The molecular formula is C15H19NO4S. The number of aliphatic hydroxyl groups is 1. The first-order valence-electron chi connectivity index (χ1n) is 6.85. The Hall–Kier alpha value is -1.63. The van der Waals surface area contributed by atoms with Gasteiger partial charge in [-0.05, 0) is 25.5 Å². The van der Waals surface area contributed by atoms with E-state index >= 15 is 0 Å². The van der Waals surface area contributed by atoms with E-state index in [4.69, 9.17) is 9.84 Å². The van der Waals surface area contributed by atoms with Crippen LogP contribution in [0.25, 0.3) is 10.8 Å². The SMILES string of the molecule is CCOc1ccc(S(=O)(=O)NCCCO)c2ccccc12. The van der Waals surface area contributed by atoms with Gasteiger partial charge in [-0.3, -0.25) is 0 Å². The zero-order valence-corrected chi connectivity index (χ0v) is 12.7. The zero-order chi connectivity index (χ0) is 15.3. The molecule has 0 heterocycles. The van der Waals surface area contributed by atoms with E-state index in [1.807, 2.05) is 19.1 Å². The average Bonchev–Trinajstić information content (AvgIpc) is 2.48. The summed E-state index contributed by atoms with van der Waals surface area (Å²) in [5.41, 5.74) is 0. The molecule has 0 aliphatic heterocycles. The first-order chi connectivity index (χ1) is 10.1. The van der Waals surface area contributed by atoms with Gasteiger partial charge in [0.25, 0.3) is 0 Å². The second-order valence-corrected chi connectivity index (χ2v) is 6.25. The Kier molecular flexibility index (Phi) is 5.17. The Morgan fingerprint density at radius 3 is 2.52 bits per heavy atom. The molecule has 0 unspecified atom stereocenters. The predicted molar refractivity (Wildman–Crippen MR) is 82.0 cm³/mol. The third-order valence-corrected chi connectivity index (χ3v) is 4.58. The summed E-state index contributed by atoms with van der Waals surface area (Å²) in [6.07, 6.45) is 0.383. The normalized spacial score (nSPS) is 11.7. The summed E-state index contributed by atoms with van der Waals surface area (Å²) in [5.74, 6) is 0.669. The van der Waals surface area contributed by atoms with Crippen LogP contribution in [0.2, 0.25) is 0 Å². The first kappa shape index (κ1) is 15.8. The van der Waals surface area contributed by atoms with Gasteiger partial charge in [0.15, 0.2) is 0 Å². The lowest BCUT2D eigenvalue weighted by Crippen LogP contribution is -2.25. The minimum atomic E-state index is -3.61. The van der Waals surface area contributed by atoms with Crippen LogP contribution in [0.3, 0.4) is 0 Å². The number of hydrogen-bond donors (Lipinski definition) is 2. The van der Waals surface area contributed by atoms with Crippen LogP contribution in [-0.2, 0) is 10.0 Å². The molecule has 2 aromatic carbocycles. The van der Waals surface area contributed by atoms with Crippen molar-refractivity contribution in [1.82, 2.24) is 4.72 Å². The smallest absolute Gasteiger partial charge is 0.241 e. The van der Waals surface area contributed by atoms with Crippen LogP contribution in [0.5, 0.6) is 5.75 Å². The summed E-state index contributed by atoms with van der Waals surface area (Å²) < 4.78 is 32.7. The fourth-order valence-corrected chi connectivity index (χ4v) is 3.41. The molecule has 0 aromatic heterocycles. The topological polar surface area (TPSA) is 75.6 Å². The van der Waals surface area contributed by atoms with Crippen molar-refractivity contribution in [2.45, 2.75) is 18.2 Å². The number of fused-ring (bicyclic) bond motifs is 1. The molecule has 6 heteroatoms. The molecule has 0 radical (unpaired) electrons. The molecule has 2 rings (SSSR count). The minimum absolute atomic E-state index is 0.0491. The Morgan fingerprint density at radius 1 is 1.14 bits per heavy atom. The fourth-order valence-electron chi connectivity index (χ4n) is 2.12. The van der Waals surface area contributed by atoms with Gasteiger partial charge in [-0.25, -0.2) is 13.1 Å². The first-order valence-corrected chi connectivity index (χ1v) is 8.33.